The molecular formula is C21H19ClN6O. The quantitative estimate of drug-likeness (QED) is 0.512. The molecule has 0 aliphatic carbocycles. The summed E-state index contributed by atoms with van der Waals surface area (Å²) in [6, 6.07) is 15.0. The lowest BCUT2D eigenvalue weighted by Crippen LogP contribution is -2.34. The lowest BCUT2D eigenvalue weighted by molar-refractivity contribution is 0.240. The number of nitrogens with zero attached hydrogens (tertiary/aromatic N) is 4. The third-order valence-corrected chi connectivity index (χ3v) is 4.65. The highest BCUT2D eigenvalue weighted by Gasteiger charge is 2.07. The fraction of sp³-hybridized carbons (Fsp3) is 0.0952. The minimum Gasteiger partial charge on any atom is -0.334 e. The van der Waals surface area contributed by atoms with Gasteiger partial charge in [0.2, 0.25) is 0 Å². The third-order valence-electron chi connectivity index (χ3n) is 4.39. The molecule has 0 atom stereocenters. The fourth-order valence-corrected chi connectivity index (χ4v) is 3.05. The Kier molecular flexibility index (Phi) is 5.58. The molecule has 0 bridgehead atoms. The van der Waals surface area contributed by atoms with Crippen molar-refractivity contribution in [3.8, 4) is 11.4 Å². The Morgan fingerprint density at radius 3 is 2.62 bits per heavy atom. The highest BCUT2D eigenvalue weighted by Crippen LogP contribution is 2.14. The maximum Gasteiger partial charge on any atom is 0.315 e. The molecule has 4 rings (SSSR count). The number of urea groups is 1. The van der Waals surface area contributed by atoms with Crippen molar-refractivity contribution in [2.75, 3.05) is 0 Å². The Morgan fingerprint density at radius 2 is 1.83 bits per heavy atom. The predicted molar refractivity (Wildman–Crippen MR) is 111 cm³/mol. The van der Waals surface area contributed by atoms with E-state index < -0.39 is 0 Å². The summed E-state index contributed by atoms with van der Waals surface area (Å²) in [7, 11) is 0. The predicted octanol–water partition coefficient (Wildman–Crippen LogP) is 3.71. The molecule has 8 heteroatoms. The lowest BCUT2D eigenvalue weighted by Gasteiger charge is -2.11. The molecule has 0 aliphatic heterocycles. The van der Waals surface area contributed by atoms with Gasteiger partial charge in [-0.25, -0.2) is 14.5 Å². The van der Waals surface area contributed by atoms with E-state index in [0.717, 1.165) is 22.5 Å². The van der Waals surface area contributed by atoms with Crippen molar-refractivity contribution >= 4 is 17.6 Å². The van der Waals surface area contributed by atoms with Crippen molar-refractivity contribution in [3.63, 3.8) is 0 Å². The molecule has 0 saturated carbocycles. The molecule has 2 heterocycles. The molecular weight excluding hydrogens is 388 g/mol. The second-order valence-electron chi connectivity index (χ2n) is 6.40. The second kappa shape index (κ2) is 8.62. The van der Waals surface area contributed by atoms with E-state index in [9.17, 15) is 4.79 Å². The van der Waals surface area contributed by atoms with Crippen LogP contribution in [-0.4, -0.2) is 25.4 Å². The van der Waals surface area contributed by atoms with Crippen LogP contribution in [0, 0.1) is 0 Å². The largest absolute Gasteiger partial charge is 0.334 e. The topological polar surface area (TPSA) is 76.8 Å². The molecule has 2 aromatic carbocycles. The molecule has 0 radical (unpaired) electrons. The van der Waals surface area contributed by atoms with Gasteiger partial charge in [-0.2, -0.15) is 5.10 Å². The molecule has 2 N–H and O–H groups in total. The van der Waals surface area contributed by atoms with Gasteiger partial charge in [-0.3, -0.25) is 0 Å². The van der Waals surface area contributed by atoms with Gasteiger partial charge in [0.1, 0.15) is 0 Å². The number of halogens is 1. The van der Waals surface area contributed by atoms with Gasteiger partial charge in [-0.15, -0.1) is 0 Å². The molecule has 0 saturated heterocycles. The van der Waals surface area contributed by atoms with Crippen LogP contribution in [0.15, 0.2) is 79.6 Å². The maximum absolute atomic E-state index is 12.2. The number of hydrogen-bond acceptors (Lipinski definition) is 3. The Morgan fingerprint density at radius 1 is 1.03 bits per heavy atom. The number of carbonyl (C=O) groups excluding carboxylic acids is 1. The van der Waals surface area contributed by atoms with Gasteiger partial charge in [0.15, 0.2) is 0 Å². The first kappa shape index (κ1) is 18.8. The monoisotopic (exact) mass is 406 g/mol. The second-order valence-corrected chi connectivity index (χ2v) is 6.84. The van der Waals surface area contributed by atoms with Gasteiger partial charge in [0.05, 0.1) is 23.9 Å². The lowest BCUT2D eigenvalue weighted by atomic mass is 10.1. The zero-order valence-electron chi connectivity index (χ0n) is 15.5. The summed E-state index contributed by atoms with van der Waals surface area (Å²) < 4.78 is 3.66. The van der Waals surface area contributed by atoms with E-state index in [1.165, 1.54) is 0 Å². The SMILES string of the molecule is O=C(NCc1cnn(-c2ccc(Cl)cc2)c1)NCc1ccccc1-n1ccnc1. The number of imidazole rings is 1. The summed E-state index contributed by atoms with van der Waals surface area (Å²) in [6.07, 6.45) is 8.93. The molecule has 29 heavy (non-hydrogen) atoms. The van der Waals surface area contributed by atoms with Gasteiger partial charge in [0, 0.05) is 42.3 Å². The third kappa shape index (κ3) is 4.64. The van der Waals surface area contributed by atoms with Gasteiger partial charge < -0.3 is 15.2 Å². The minimum absolute atomic E-state index is 0.246. The van der Waals surface area contributed by atoms with E-state index in [-0.39, 0.29) is 6.03 Å². The van der Waals surface area contributed by atoms with Crippen LogP contribution in [0.25, 0.3) is 11.4 Å². The Balaban J connectivity index is 1.32. The zero-order chi connectivity index (χ0) is 20.1. The number of benzene rings is 2. The van der Waals surface area contributed by atoms with Crippen molar-refractivity contribution in [2.45, 2.75) is 13.1 Å². The van der Waals surface area contributed by atoms with E-state index in [2.05, 4.69) is 20.7 Å². The number of amides is 2. The van der Waals surface area contributed by atoms with Gasteiger partial charge >= 0.3 is 6.03 Å². The summed E-state index contributed by atoms with van der Waals surface area (Å²) in [5.41, 5.74) is 3.78. The first-order chi connectivity index (χ1) is 14.2. The van der Waals surface area contributed by atoms with Crippen LogP contribution in [-0.2, 0) is 13.1 Å². The van der Waals surface area contributed by atoms with Crippen molar-refractivity contribution in [3.05, 3.63) is 95.8 Å². The Labute approximate surface area is 173 Å². The average Bonchev–Trinajstić information content (AvgIpc) is 3.44. The molecule has 2 amide bonds. The van der Waals surface area contributed by atoms with Gasteiger partial charge in [-0.1, -0.05) is 29.8 Å². The van der Waals surface area contributed by atoms with E-state index in [1.807, 2.05) is 65.5 Å². The van der Waals surface area contributed by atoms with Crippen LogP contribution in [0.3, 0.4) is 0 Å². The van der Waals surface area contributed by atoms with Crippen molar-refractivity contribution < 1.29 is 4.79 Å². The molecule has 7 nitrogen and oxygen atoms in total. The number of para-hydroxylation sites is 1. The van der Waals surface area contributed by atoms with Gasteiger partial charge in [0.25, 0.3) is 0 Å². The number of aromatic nitrogens is 4. The van der Waals surface area contributed by atoms with Crippen LogP contribution in [0.1, 0.15) is 11.1 Å². The highest BCUT2D eigenvalue weighted by atomic mass is 35.5. The first-order valence-electron chi connectivity index (χ1n) is 9.06. The number of rotatable bonds is 6. The van der Waals surface area contributed by atoms with E-state index in [1.54, 1.807) is 23.4 Å². The fourth-order valence-electron chi connectivity index (χ4n) is 2.92. The van der Waals surface area contributed by atoms with Crippen LogP contribution < -0.4 is 10.6 Å². The van der Waals surface area contributed by atoms with Crippen LogP contribution in [0.5, 0.6) is 0 Å². The number of carbonyl (C=O) groups is 1. The number of nitrogens with one attached hydrogen (secondary N) is 2. The first-order valence-corrected chi connectivity index (χ1v) is 9.44. The standard InChI is InChI=1S/C21H19ClN6O/c22-18-5-7-19(8-6-18)28-14-16(12-26-28)11-24-21(29)25-13-17-3-1-2-4-20(17)27-10-9-23-15-27/h1-10,12,14-15H,11,13H2,(H2,24,25,29). The molecule has 0 aliphatic rings. The Hall–Kier alpha value is -3.58. The molecule has 0 spiro atoms. The Bertz CT molecular complexity index is 1090. The summed E-state index contributed by atoms with van der Waals surface area (Å²) in [5, 5.41) is 10.7. The summed E-state index contributed by atoms with van der Waals surface area (Å²) in [6.45, 7) is 0.785. The molecule has 0 fully saturated rings. The van der Waals surface area contributed by atoms with Crippen molar-refractivity contribution in [2.24, 2.45) is 0 Å². The number of hydrogen-bond donors (Lipinski definition) is 2. The van der Waals surface area contributed by atoms with Gasteiger partial charge in [-0.05, 0) is 35.9 Å². The molecule has 2 aromatic heterocycles. The summed E-state index contributed by atoms with van der Waals surface area (Å²) in [5.74, 6) is 0. The van der Waals surface area contributed by atoms with E-state index in [0.29, 0.717) is 18.1 Å². The van der Waals surface area contributed by atoms with Crippen molar-refractivity contribution in [1.29, 1.82) is 0 Å². The summed E-state index contributed by atoms with van der Waals surface area (Å²) >= 11 is 5.91. The minimum atomic E-state index is -0.246. The zero-order valence-corrected chi connectivity index (χ0v) is 16.3. The van der Waals surface area contributed by atoms with Crippen molar-refractivity contribution in [1.82, 2.24) is 30.0 Å². The van der Waals surface area contributed by atoms with Crippen LogP contribution in [0.2, 0.25) is 5.02 Å². The van der Waals surface area contributed by atoms with Crippen LogP contribution in [0.4, 0.5) is 4.79 Å². The highest BCUT2D eigenvalue weighted by molar-refractivity contribution is 6.30. The normalized spacial score (nSPS) is 10.7. The van der Waals surface area contributed by atoms with E-state index in [4.69, 9.17) is 11.6 Å². The molecule has 0 unspecified atom stereocenters. The average molecular weight is 407 g/mol. The van der Waals surface area contributed by atoms with Crippen LogP contribution >= 0.6 is 11.6 Å². The molecule has 4 aromatic rings. The maximum atomic E-state index is 12.2. The molecule has 146 valence electrons. The smallest absolute Gasteiger partial charge is 0.315 e. The summed E-state index contributed by atoms with van der Waals surface area (Å²) in [4.78, 5) is 16.3. The van der Waals surface area contributed by atoms with E-state index >= 15 is 0 Å².